The van der Waals surface area contributed by atoms with E-state index in [1.807, 2.05) is 62.7 Å². The number of anilines is 2. The van der Waals surface area contributed by atoms with Gasteiger partial charge in [0.15, 0.2) is 0 Å². The van der Waals surface area contributed by atoms with Crippen LogP contribution < -0.4 is 15.3 Å². The topological polar surface area (TPSA) is 146 Å². The van der Waals surface area contributed by atoms with Gasteiger partial charge in [-0.2, -0.15) is 10.2 Å². The summed E-state index contributed by atoms with van der Waals surface area (Å²) in [7, 11) is -0.808. The number of carbonyl (C=O) groups is 4. The van der Waals surface area contributed by atoms with Crippen molar-refractivity contribution in [1.82, 2.24) is 19.2 Å². The minimum absolute atomic E-state index is 0.0438. The molecule has 0 bridgehead atoms. The lowest BCUT2D eigenvalue weighted by atomic mass is 9.78. The lowest BCUT2D eigenvalue weighted by Crippen LogP contribution is -2.41. The Morgan fingerprint density at radius 1 is 0.703 bits per heavy atom. The average Bonchev–Trinajstić information content (AvgIpc) is 4.08. The Morgan fingerprint density at radius 2 is 1.20 bits per heavy atom. The van der Waals surface area contributed by atoms with Crippen LogP contribution >= 0.6 is 22.6 Å². The first kappa shape index (κ1) is 46.3. The number of Topliss-reactive ketones (excluding diaryl/α,β-unsaturated/α-hetero) is 2. The zero-order chi connectivity index (χ0) is 45.9. The van der Waals surface area contributed by atoms with Gasteiger partial charge in [0.25, 0.3) is 0 Å². The van der Waals surface area contributed by atoms with Crippen LogP contribution in [0.5, 0.6) is 0 Å². The van der Waals surface area contributed by atoms with Crippen LogP contribution in [0, 0.1) is 15.2 Å². The molecular formula is C46H48BF2IN6O8. The zero-order valence-corrected chi connectivity index (χ0v) is 38.5. The minimum atomic E-state index is -0.808. The Bertz CT molecular complexity index is 2690. The molecule has 3 aliphatic heterocycles. The number of rotatable bonds is 10. The fourth-order valence-electron chi connectivity index (χ4n) is 7.21. The molecule has 334 valence electrons. The third-order valence-electron chi connectivity index (χ3n) is 11.5. The predicted octanol–water partition coefficient (Wildman–Crippen LogP) is 8.59. The molecule has 0 radical (unpaired) electrons. The van der Waals surface area contributed by atoms with E-state index in [-0.39, 0.29) is 29.2 Å². The van der Waals surface area contributed by atoms with Gasteiger partial charge in [0.05, 0.1) is 46.7 Å². The number of carbonyl (C=O) groups excluding carboxylic acids is 4. The number of benzene rings is 2. The summed E-state index contributed by atoms with van der Waals surface area (Å²) in [5, 5.41) is 8.26. The molecule has 2 atom stereocenters. The van der Waals surface area contributed by atoms with Crippen LogP contribution in [0.25, 0.3) is 22.2 Å². The molecule has 0 saturated carbocycles. The Morgan fingerprint density at radius 3 is 1.72 bits per heavy atom. The van der Waals surface area contributed by atoms with Gasteiger partial charge in [-0.25, -0.2) is 27.4 Å². The summed E-state index contributed by atoms with van der Waals surface area (Å²) in [6, 6.07) is 20.8. The Kier molecular flexibility index (Phi) is 13.9. The molecule has 0 N–H and O–H groups in total. The predicted molar refractivity (Wildman–Crippen MR) is 246 cm³/mol. The molecule has 0 aliphatic carbocycles. The Labute approximate surface area is 383 Å². The number of hydrogen-bond acceptors (Lipinski definition) is 10. The van der Waals surface area contributed by atoms with E-state index in [4.69, 9.17) is 18.8 Å². The molecule has 0 spiro atoms. The number of cyclic esters (lactones) is 2. The first-order valence-electron chi connectivity index (χ1n) is 20.8. The van der Waals surface area contributed by atoms with Crippen LogP contribution in [0.3, 0.4) is 0 Å². The summed E-state index contributed by atoms with van der Waals surface area (Å²) in [5.41, 5.74) is 3.19. The lowest BCUT2D eigenvalue weighted by Gasteiger charge is -2.32. The maximum absolute atomic E-state index is 14.8. The fourth-order valence-corrected chi connectivity index (χ4v) is 7.65. The highest BCUT2D eigenvalue weighted by Gasteiger charge is 2.52. The maximum atomic E-state index is 14.8. The van der Waals surface area contributed by atoms with Crippen LogP contribution in [0.2, 0.25) is 0 Å². The molecule has 9 rings (SSSR count). The van der Waals surface area contributed by atoms with Crippen LogP contribution in [0.4, 0.5) is 29.7 Å². The van der Waals surface area contributed by atoms with Gasteiger partial charge in [0, 0.05) is 57.8 Å². The fraction of sp³-hybridized carbons (Fsp3) is 0.348. The third kappa shape index (κ3) is 10.6. The number of nitrogens with zero attached hydrogens (tertiary/aromatic N) is 6. The zero-order valence-electron chi connectivity index (χ0n) is 36.3. The summed E-state index contributed by atoms with van der Waals surface area (Å²) in [6.45, 7) is 11.2. The second-order valence-corrected chi connectivity index (χ2v) is 18.1. The summed E-state index contributed by atoms with van der Waals surface area (Å²) < 4.78 is 56.6. The largest absolute Gasteiger partial charge is 0.497 e. The number of halogens is 3. The minimum Gasteiger partial charge on any atom is -0.444 e. The van der Waals surface area contributed by atoms with Gasteiger partial charge in [0.1, 0.15) is 35.4 Å². The van der Waals surface area contributed by atoms with E-state index in [0.717, 1.165) is 11.0 Å². The van der Waals surface area contributed by atoms with Gasteiger partial charge < -0.3 is 28.4 Å². The van der Waals surface area contributed by atoms with Gasteiger partial charge >= 0.3 is 19.3 Å². The lowest BCUT2D eigenvalue weighted by molar-refractivity contribution is -0.118. The van der Waals surface area contributed by atoms with Crippen molar-refractivity contribution in [3.8, 4) is 11.1 Å². The molecule has 0 unspecified atom stereocenters. The number of amides is 2. The molecule has 3 saturated heterocycles. The number of ketones is 2. The molecule has 64 heavy (non-hydrogen) atoms. The number of pyridine rings is 2. The highest BCUT2D eigenvalue weighted by Crippen LogP contribution is 2.37. The van der Waals surface area contributed by atoms with E-state index in [1.165, 1.54) is 39.4 Å². The Balaban J connectivity index is 0.000000157. The van der Waals surface area contributed by atoms with Gasteiger partial charge in [-0.3, -0.25) is 9.80 Å². The van der Waals surface area contributed by atoms with Crippen molar-refractivity contribution >= 4 is 81.3 Å². The van der Waals surface area contributed by atoms with Gasteiger partial charge in [0.2, 0.25) is 0 Å². The van der Waals surface area contributed by atoms with Crippen molar-refractivity contribution in [2.24, 2.45) is 0 Å². The smallest absolute Gasteiger partial charge is 0.444 e. The molecule has 3 aliphatic rings. The molecule has 18 heteroatoms. The van der Waals surface area contributed by atoms with E-state index in [9.17, 15) is 28.0 Å². The van der Waals surface area contributed by atoms with E-state index >= 15 is 0 Å². The average molecular weight is 989 g/mol. The van der Waals surface area contributed by atoms with Crippen molar-refractivity contribution in [1.29, 1.82) is 0 Å². The van der Waals surface area contributed by atoms with Crippen molar-refractivity contribution in [2.45, 2.75) is 90.6 Å². The number of ether oxygens (including phenoxy) is 2. The van der Waals surface area contributed by atoms with Crippen LogP contribution in [-0.4, -0.2) is 86.6 Å². The van der Waals surface area contributed by atoms with E-state index in [1.54, 1.807) is 47.4 Å². The van der Waals surface area contributed by atoms with Crippen LogP contribution in [-0.2, 0) is 28.4 Å². The second-order valence-electron chi connectivity index (χ2n) is 16.8. The molecule has 2 amide bonds. The molecule has 3 fully saturated rings. The highest BCUT2D eigenvalue weighted by molar-refractivity contribution is 14.1. The van der Waals surface area contributed by atoms with Gasteiger partial charge in [-0.1, -0.05) is 12.1 Å². The summed E-state index contributed by atoms with van der Waals surface area (Å²) >= 11 is 2.26. The van der Waals surface area contributed by atoms with Crippen molar-refractivity contribution in [3.05, 3.63) is 113 Å². The molecular weight excluding hydrogens is 940 g/mol. The Hall–Kier alpha value is -5.73. The summed E-state index contributed by atoms with van der Waals surface area (Å²) in [4.78, 5) is 49.2. The SMILES string of the molecule is CC(=O)CC[C@H]1CN(c2ccc(-c3ccc4ccnn4c3)c(F)c2)C(=O)O1.CC(=O)CC[C@H]1CN(c2ccc(B3OC(C)(C)C(C)(C)O3)c(F)c2)C(=O)O1.Ic1ccc2ccnn2c1. The maximum Gasteiger partial charge on any atom is 0.497 e. The molecule has 2 aromatic carbocycles. The quantitative estimate of drug-likeness (QED) is 0.0967. The number of fused-ring (bicyclic) bond motifs is 2. The monoisotopic (exact) mass is 988 g/mol. The van der Waals surface area contributed by atoms with Crippen molar-refractivity contribution in [2.75, 3.05) is 22.9 Å². The normalized spacial score (nSPS) is 18.7. The molecule has 7 heterocycles. The van der Waals surface area contributed by atoms with E-state index in [0.29, 0.717) is 61.3 Å². The van der Waals surface area contributed by atoms with Crippen LogP contribution in [0.1, 0.15) is 67.2 Å². The number of aromatic nitrogens is 4. The first-order valence-corrected chi connectivity index (χ1v) is 21.9. The van der Waals surface area contributed by atoms with E-state index in [2.05, 4.69) is 44.9 Å². The highest BCUT2D eigenvalue weighted by atomic mass is 127. The van der Waals surface area contributed by atoms with Gasteiger partial charge in [-0.15, -0.1) is 0 Å². The third-order valence-corrected chi connectivity index (χ3v) is 12.2. The van der Waals surface area contributed by atoms with Crippen molar-refractivity contribution in [3.63, 3.8) is 0 Å². The molecule has 4 aromatic heterocycles. The molecule has 14 nitrogen and oxygen atoms in total. The van der Waals surface area contributed by atoms with Crippen LogP contribution in [0.15, 0.2) is 97.6 Å². The molecule has 6 aromatic rings. The standard InChI is InChI=1S/C20H18FN3O3.C19H25BFNO5.C7H5IN2/c1-13(25)2-6-17-12-23(20(26)27-17)16-5-7-18(19(21)10-16)14-3-4-15-8-9-22-24(15)11-14;1-12(23)6-8-14-11-22(17(24)25-14)13-7-9-15(16(21)10-13)20-26-18(2,3)19(4,5)27-20;8-6-1-2-7-3-4-9-10(7)5-6/h3-5,7-11,17H,2,6,12H2,1H3;7,9-10,14H,6,8,11H2,1-5H3;1-5H/t17-;14-;/m00./s1. The second kappa shape index (κ2) is 19.2. The van der Waals surface area contributed by atoms with Gasteiger partial charge in [-0.05, 0) is 138 Å². The summed E-state index contributed by atoms with van der Waals surface area (Å²) in [6.07, 6.45) is 7.10. The van der Waals surface area contributed by atoms with Crippen molar-refractivity contribution < 1.29 is 46.7 Å². The first-order chi connectivity index (χ1) is 30.4. The number of hydrogen-bond donors (Lipinski definition) is 0. The van der Waals surface area contributed by atoms with E-state index < -0.39 is 42.1 Å². The summed E-state index contributed by atoms with van der Waals surface area (Å²) in [5.74, 6) is -0.846.